The molecule has 31 heavy (non-hydrogen) atoms. The minimum Gasteiger partial charge on any atom is -0.434 e. The van der Waals surface area contributed by atoms with E-state index in [4.69, 9.17) is 25.7 Å². The van der Waals surface area contributed by atoms with Crippen LogP contribution in [0.25, 0.3) is 11.0 Å². The summed E-state index contributed by atoms with van der Waals surface area (Å²) in [5, 5.41) is 0.609. The third kappa shape index (κ3) is 4.11. The smallest absolute Gasteiger partial charge is 0.387 e. The van der Waals surface area contributed by atoms with Crippen LogP contribution in [0.15, 0.2) is 36.4 Å². The van der Waals surface area contributed by atoms with Crippen molar-refractivity contribution in [1.82, 2.24) is 9.55 Å². The highest BCUT2D eigenvalue weighted by molar-refractivity contribution is 6.74. The normalized spacial score (nSPS) is 19.3. The first-order valence-electron chi connectivity index (χ1n) is 10.3. The zero-order valence-electron chi connectivity index (χ0n) is 18.2. The largest absolute Gasteiger partial charge is 0.434 e. The van der Waals surface area contributed by atoms with Crippen molar-refractivity contribution in [1.29, 1.82) is 0 Å². The Bertz CT molecular complexity index is 1110. The Labute approximate surface area is 187 Å². The van der Waals surface area contributed by atoms with Gasteiger partial charge in [0.15, 0.2) is 8.32 Å². The van der Waals surface area contributed by atoms with Crippen LogP contribution in [-0.4, -0.2) is 24.5 Å². The fraction of sp³-hybridized carbons (Fsp3) is 0.435. The van der Waals surface area contributed by atoms with E-state index in [1.807, 2.05) is 16.7 Å². The van der Waals surface area contributed by atoms with E-state index in [-0.39, 0.29) is 22.9 Å². The van der Waals surface area contributed by atoms with Gasteiger partial charge in [0.2, 0.25) is 0 Å². The lowest BCUT2D eigenvalue weighted by Gasteiger charge is -2.38. The predicted octanol–water partition coefficient (Wildman–Crippen LogP) is 7.15. The van der Waals surface area contributed by atoms with Crippen LogP contribution in [0.3, 0.4) is 0 Å². The SMILES string of the molecule is CC(C)(C)[Si](C)(C)O[C@H]1C[C@H](c2[c]cccc2OC(F)F)n2c1nc1ccc(Cl)cc12. The van der Waals surface area contributed by atoms with Crippen molar-refractivity contribution in [2.24, 2.45) is 0 Å². The molecule has 4 rings (SSSR count). The molecule has 0 saturated carbocycles. The minimum absolute atomic E-state index is 0.0219. The average molecular weight is 464 g/mol. The third-order valence-electron chi connectivity index (χ3n) is 6.36. The molecule has 1 aromatic heterocycles. The van der Waals surface area contributed by atoms with Gasteiger partial charge < -0.3 is 13.7 Å². The van der Waals surface area contributed by atoms with Crippen LogP contribution < -0.4 is 4.74 Å². The number of fused-ring (bicyclic) bond motifs is 3. The van der Waals surface area contributed by atoms with Gasteiger partial charge in [0.1, 0.15) is 17.7 Å². The highest BCUT2D eigenvalue weighted by atomic mass is 35.5. The van der Waals surface area contributed by atoms with Crippen molar-refractivity contribution in [2.45, 2.75) is 64.1 Å². The third-order valence-corrected chi connectivity index (χ3v) is 11.1. The molecule has 2 atom stereocenters. The highest BCUT2D eigenvalue weighted by Gasteiger charge is 2.44. The van der Waals surface area contributed by atoms with Crippen LogP contribution in [0.2, 0.25) is 23.2 Å². The number of ether oxygens (including phenoxy) is 1. The number of benzene rings is 2. The van der Waals surface area contributed by atoms with E-state index in [1.54, 1.807) is 24.3 Å². The van der Waals surface area contributed by atoms with Crippen LogP contribution in [-0.2, 0) is 4.43 Å². The molecule has 4 nitrogen and oxygen atoms in total. The standard InChI is InChI=1S/C23H26ClF2N2O2Si/c1-23(2,3)31(4,5)30-20-13-17(15-8-6-7-9-19(15)29-22(25)26)28-18-12-14(24)10-11-16(18)27-21(20)28/h6-7,9-12,17,20,22H,13H2,1-5H3/t17-,20+/m1/s1. The van der Waals surface area contributed by atoms with Gasteiger partial charge in [-0.05, 0) is 48.5 Å². The maximum atomic E-state index is 13.1. The van der Waals surface area contributed by atoms with E-state index in [2.05, 4.69) is 39.9 Å². The topological polar surface area (TPSA) is 36.3 Å². The number of alkyl halides is 2. The number of hydrogen-bond acceptors (Lipinski definition) is 3. The van der Waals surface area contributed by atoms with Gasteiger partial charge in [-0.2, -0.15) is 8.78 Å². The van der Waals surface area contributed by atoms with Crippen molar-refractivity contribution in [3.63, 3.8) is 0 Å². The molecule has 0 saturated heterocycles. The number of aromatic nitrogens is 2. The Morgan fingerprint density at radius 1 is 1.26 bits per heavy atom. The Morgan fingerprint density at radius 3 is 2.68 bits per heavy atom. The predicted molar refractivity (Wildman–Crippen MR) is 120 cm³/mol. The quantitative estimate of drug-likeness (QED) is 0.377. The Balaban J connectivity index is 1.85. The van der Waals surface area contributed by atoms with Crippen molar-refractivity contribution < 1.29 is 17.9 Å². The summed E-state index contributed by atoms with van der Waals surface area (Å²) in [6, 6.07) is 13.2. The Morgan fingerprint density at radius 2 is 2.00 bits per heavy atom. The second-order valence-corrected chi connectivity index (χ2v) is 14.6. The minimum atomic E-state index is -2.91. The van der Waals surface area contributed by atoms with Gasteiger partial charge in [-0.25, -0.2) is 4.98 Å². The first kappa shape index (κ1) is 22.2. The second kappa shape index (κ2) is 7.87. The number of rotatable bonds is 5. The molecule has 0 amide bonds. The zero-order valence-corrected chi connectivity index (χ0v) is 20.0. The summed E-state index contributed by atoms with van der Waals surface area (Å²) in [5.41, 5.74) is 2.19. The number of imidazole rings is 1. The fourth-order valence-corrected chi connectivity index (χ4v) is 5.26. The molecule has 2 aromatic carbocycles. The molecule has 0 aliphatic carbocycles. The van der Waals surface area contributed by atoms with Gasteiger partial charge in [0, 0.05) is 17.0 Å². The van der Waals surface area contributed by atoms with Gasteiger partial charge in [-0.15, -0.1) is 0 Å². The molecule has 1 radical (unpaired) electrons. The van der Waals surface area contributed by atoms with Crippen molar-refractivity contribution in [2.75, 3.05) is 0 Å². The zero-order chi connectivity index (χ0) is 22.6. The van der Waals surface area contributed by atoms with Gasteiger partial charge in [0.25, 0.3) is 0 Å². The molecule has 0 fully saturated rings. The number of hydrogen-bond donors (Lipinski definition) is 0. The number of halogens is 3. The highest BCUT2D eigenvalue weighted by Crippen LogP contribution is 2.49. The van der Waals surface area contributed by atoms with Gasteiger partial charge in [-0.3, -0.25) is 0 Å². The molecule has 3 aromatic rings. The summed E-state index contributed by atoms with van der Waals surface area (Å²) >= 11 is 6.28. The summed E-state index contributed by atoms with van der Waals surface area (Å²) in [6.45, 7) is 8.05. The summed E-state index contributed by atoms with van der Waals surface area (Å²) in [5.74, 6) is 0.901. The first-order chi connectivity index (χ1) is 14.5. The molecular formula is C23H26ClF2N2O2Si. The van der Waals surface area contributed by atoms with Crippen LogP contribution in [0, 0.1) is 6.07 Å². The van der Waals surface area contributed by atoms with E-state index >= 15 is 0 Å². The number of nitrogens with zero attached hydrogens (tertiary/aromatic N) is 2. The summed E-state index contributed by atoms with van der Waals surface area (Å²) in [6.07, 6.45) is 0.308. The lowest BCUT2D eigenvalue weighted by molar-refractivity contribution is -0.0507. The molecule has 0 spiro atoms. The Hall–Kier alpha value is -1.96. The lowest BCUT2D eigenvalue weighted by Crippen LogP contribution is -2.41. The fourth-order valence-electron chi connectivity index (χ4n) is 3.83. The molecule has 0 bridgehead atoms. The van der Waals surface area contributed by atoms with Crippen LogP contribution >= 0.6 is 11.6 Å². The molecular weight excluding hydrogens is 438 g/mol. The summed E-state index contributed by atoms with van der Waals surface area (Å²) in [7, 11) is -2.11. The van der Waals surface area contributed by atoms with E-state index < -0.39 is 14.9 Å². The van der Waals surface area contributed by atoms with Crippen LogP contribution in [0.4, 0.5) is 8.78 Å². The van der Waals surface area contributed by atoms with Crippen LogP contribution in [0.5, 0.6) is 5.75 Å². The molecule has 0 N–H and O–H groups in total. The van der Waals surface area contributed by atoms with E-state index in [0.29, 0.717) is 17.0 Å². The maximum Gasteiger partial charge on any atom is 0.387 e. The lowest BCUT2D eigenvalue weighted by atomic mass is 10.0. The molecule has 8 heteroatoms. The van der Waals surface area contributed by atoms with E-state index in [1.165, 1.54) is 0 Å². The Kier molecular flexibility index (Phi) is 5.64. The molecule has 0 unspecified atom stereocenters. The molecule has 1 aliphatic rings. The van der Waals surface area contributed by atoms with Gasteiger partial charge in [0.05, 0.1) is 17.1 Å². The first-order valence-corrected chi connectivity index (χ1v) is 13.6. The molecule has 1 aliphatic heterocycles. The van der Waals surface area contributed by atoms with Crippen molar-refractivity contribution in [3.8, 4) is 5.75 Å². The summed E-state index contributed by atoms with van der Waals surface area (Å²) in [4.78, 5) is 4.85. The average Bonchev–Trinajstić information content (AvgIpc) is 3.18. The van der Waals surface area contributed by atoms with Crippen molar-refractivity contribution >= 4 is 31.0 Å². The van der Waals surface area contributed by atoms with E-state index in [9.17, 15) is 8.78 Å². The summed E-state index contributed by atoms with van der Waals surface area (Å²) < 4.78 is 39.7. The van der Waals surface area contributed by atoms with Crippen molar-refractivity contribution in [3.05, 3.63) is 58.9 Å². The molecule has 2 heterocycles. The van der Waals surface area contributed by atoms with E-state index in [0.717, 1.165) is 16.9 Å². The van der Waals surface area contributed by atoms with Gasteiger partial charge >= 0.3 is 6.61 Å². The van der Waals surface area contributed by atoms with Crippen LogP contribution in [0.1, 0.15) is 50.7 Å². The maximum absolute atomic E-state index is 13.1. The monoisotopic (exact) mass is 463 g/mol. The second-order valence-electron chi connectivity index (χ2n) is 9.42. The molecule has 165 valence electrons. The van der Waals surface area contributed by atoms with Gasteiger partial charge in [-0.1, -0.05) is 44.5 Å².